The minimum Gasteiger partial charge on any atom is -0.459 e. The molecule has 10 nitrogen and oxygen atoms in total. The molecular weight excluding hydrogens is 432 g/mol. The van der Waals surface area contributed by atoms with E-state index in [0.717, 1.165) is 10.6 Å². The number of rotatable bonds is 6. The Hall–Kier alpha value is -4.02. The Labute approximate surface area is 187 Å². The lowest BCUT2D eigenvalue weighted by atomic mass is 10.1. The number of ether oxygens (including phenoxy) is 3. The number of nitrogens with zero attached hydrogens (tertiary/aromatic N) is 1. The second kappa shape index (κ2) is 9.63. The molecule has 10 heteroatoms. The molecule has 2 heterocycles. The maximum Gasteiger partial charge on any atom is 0.338 e. The molecule has 2 unspecified atom stereocenters. The van der Waals surface area contributed by atoms with E-state index in [-0.39, 0.29) is 12.2 Å². The minimum absolute atomic E-state index is 0.233. The lowest BCUT2D eigenvalue weighted by Gasteiger charge is -2.22. The van der Waals surface area contributed by atoms with E-state index >= 15 is 0 Å². The van der Waals surface area contributed by atoms with Crippen molar-refractivity contribution in [1.29, 1.82) is 0 Å². The van der Waals surface area contributed by atoms with Crippen molar-refractivity contribution in [3.63, 3.8) is 0 Å². The van der Waals surface area contributed by atoms with Gasteiger partial charge in [0.25, 0.3) is 5.56 Å². The summed E-state index contributed by atoms with van der Waals surface area (Å²) in [6.45, 7) is -0.358. The Morgan fingerprint density at radius 2 is 1.55 bits per heavy atom. The first-order valence-electron chi connectivity index (χ1n) is 10.1. The van der Waals surface area contributed by atoms with E-state index < -0.39 is 47.7 Å². The normalized spacial score (nSPS) is 22.0. The molecule has 1 aliphatic rings. The average Bonchev–Trinajstić information content (AvgIpc) is 3.13. The van der Waals surface area contributed by atoms with E-state index in [0.29, 0.717) is 5.56 Å². The zero-order chi connectivity index (χ0) is 23.4. The molecule has 4 rings (SSSR count). The van der Waals surface area contributed by atoms with Gasteiger partial charge in [0.1, 0.15) is 18.8 Å². The summed E-state index contributed by atoms with van der Waals surface area (Å²) < 4.78 is 17.5. The first kappa shape index (κ1) is 22.2. The number of nitrogens with one attached hydrogen (secondary N) is 1. The quantitative estimate of drug-likeness (QED) is 0.526. The fraction of sp³-hybridized carbons (Fsp3) is 0.217. The molecule has 1 aromatic heterocycles. The number of esters is 2. The number of aliphatic hydroxyl groups is 1. The number of carbonyl (C=O) groups is 2. The molecule has 170 valence electrons. The van der Waals surface area contributed by atoms with Gasteiger partial charge in [-0.1, -0.05) is 36.4 Å². The van der Waals surface area contributed by atoms with Crippen LogP contribution >= 0.6 is 0 Å². The molecule has 0 radical (unpaired) electrons. The predicted molar refractivity (Wildman–Crippen MR) is 114 cm³/mol. The molecule has 1 fully saturated rings. The Kier molecular flexibility index (Phi) is 6.48. The molecule has 0 amide bonds. The number of benzene rings is 2. The van der Waals surface area contributed by atoms with Crippen molar-refractivity contribution in [2.24, 2.45) is 0 Å². The Morgan fingerprint density at radius 3 is 2.15 bits per heavy atom. The first-order valence-corrected chi connectivity index (χ1v) is 10.1. The lowest BCUT2D eigenvalue weighted by molar-refractivity contribution is -0.0636. The molecular formula is C23H20N2O8. The highest BCUT2D eigenvalue weighted by molar-refractivity contribution is 5.89. The molecule has 4 atom stereocenters. The summed E-state index contributed by atoms with van der Waals surface area (Å²) in [5.41, 5.74) is -0.898. The molecule has 0 bridgehead atoms. The van der Waals surface area contributed by atoms with E-state index in [1.165, 1.54) is 18.3 Å². The van der Waals surface area contributed by atoms with Crippen LogP contribution < -0.4 is 11.2 Å². The fourth-order valence-corrected chi connectivity index (χ4v) is 3.42. The van der Waals surface area contributed by atoms with Gasteiger partial charge in [-0.2, -0.15) is 0 Å². The van der Waals surface area contributed by atoms with Crippen LogP contribution in [0.4, 0.5) is 0 Å². The molecule has 0 spiro atoms. The van der Waals surface area contributed by atoms with E-state index in [4.69, 9.17) is 14.2 Å². The van der Waals surface area contributed by atoms with Gasteiger partial charge in [0.2, 0.25) is 0 Å². The largest absolute Gasteiger partial charge is 0.459 e. The number of aromatic nitrogens is 2. The minimum atomic E-state index is -1.43. The summed E-state index contributed by atoms with van der Waals surface area (Å²) in [6, 6.07) is 17.4. The zero-order valence-electron chi connectivity index (χ0n) is 17.2. The van der Waals surface area contributed by atoms with Gasteiger partial charge in [-0.05, 0) is 24.3 Å². The van der Waals surface area contributed by atoms with Gasteiger partial charge in [-0.25, -0.2) is 14.4 Å². The van der Waals surface area contributed by atoms with E-state index in [1.807, 2.05) is 0 Å². The maximum absolute atomic E-state index is 12.6. The molecule has 2 aromatic carbocycles. The summed E-state index contributed by atoms with van der Waals surface area (Å²) in [5.74, 6) is -1.37. The van der Waals surface area contributed by atoms with E-state index in [2.05, 4.69) is 4.98 Å². The first-order chi connectivity index (χ1) is 15.9. The summed E-state index contributed by atoms with van der Waals surface area (Å²) >= 11 is 0. The van der Waals surface area contributed by atoms with Crippen LogP contribution in [0.3, 0.4) is 0 Å². The van der Waals surface area contributed by atoms with Gasteiger partial charge in [0.05, 0.1) is 11.1 Å². The van der Waals surface area contributed by atoms with Crippen LogP contribution in [0.2, 0.25) is 0 Å². The van der Waals surface area contributed by atoms with Crippen molar-refractivity contribution in [1.82, 2.24) is 9.55 Å². The number of aromatic amines is 1. The molecule has 0 saturated carbocycles. The monoisotopic (exact) mass is 452 g/mol. The van der Waals surface area contributed by atoms with Crippen molar-refractivity contribution in [3.05, 3.63) is 105 Å². The van der Waals surface area contributed by atoms with Gasteiger partial charge < -0.3 is 19.3 Å². The summed E-state index contributed by atoms with van der Waals surface area (Å²) in [4.78, 5) is 50.7. The zero-order valence-corrected chi connectivity index (χ0v) is 17.2. The predicted octanol–water partition coefficient (Wildman–Crippen LogP) is 0.877. The second-order valence-corrected chi connectivity index (χ2v) is 7.27. The third-order valence-electron chi connectivity index (χ3n) is 5.08. The van der Waals surface area contributed by atoms with Gasteiger partial charge in [-0.3, -0.25) is 14.3 Å². The van der Waals surface area contributed by atoms with Gasteiger partial charge in [0.15, 0.2) is 12.3 Å². The fourth-order valence-electron chi connectivity index (χ4n) is 3.42. The molecule has 33 heavy (non-hydrogen) atoms. The maximum atomic E-state index is 12.6. The molecule has 0 aliphatic carbocycles. The van der Waals surface area contributed by atoms with Crippen molar-refractivity contribution in [2.75, 3.05) is 6.61 Å². The van der Waals surface area contributed by atoms with Crippen LogP contribution in [-0.4, -0.2) is 51.5 Å². The van der Waals surface area contributed by atoms with Crippen molar-refractivity contribution in [2.45, 2.75) is 24.5 Å². The van der Waals surface area contributed by atoms with E-state index in [9.17, 15) is 24.3 Å². The van der Waals surface area contributed by atoms with Crippen LogP contribution in [0.5, 0.6) is 0 Å². The lowest BCUT2D eigenvalue weighted by Crippen LogP contribution is -2.40. The van der Waals surface area contributed by atoms with Crippen LogP contribution in [-0.2, 0) is 14.2 Å². The Bertz CT molecular complexity index is 1240. The second-order valence-electron chi connectivity index (χ2n) is 7.27. The number of aliphatic hydroxyl groups excluding tert-OH is 1. The summed E-state index contributed by atoms with van der Waals surface area (Å²) in [5, 5.41) is 10.8. The standard InChI is InChI=1S/C23H20N2O8/c26-17-11-12-25(23(30)24-17)20-19(33-22(29)15-9-5-2-6-10-15)18(27)16(32-20)13-31-21(28)14-7-3-1-4-8-14/h1-12,16,18-20,27H,13H2,(H,24,26,30)/t16-,18?,19?,20-/m1/s1. The van der Waals surface area contributed by atoms with Crippen LogP contribution in [0.25, 0.3) is 0 Å². The highest BCUT2D eigenvalue weighted by Gasteiger charge is 2.48. The van der Waals surface area contributed by atoms with E-state index in [1.54, 1.807) is 48.5 Å². The van der Waals surface area contributed by atoms with Crippen LogP contribution in [0.1, 0.15) is 26.9 Å². The highest BCUT2D eigenvalue weighted by atomic mass is 16.6. The average molecular weight is 452 g/mol. The number of H-pyrrole nitrogens is 1. The van der Waals surface area contributed by atoms with Crippen molar-refractivity contribution < 1.29 is 28.9 Å². The highest BCUT2D eigenvalue weighted by Crippen LogP contribution is 2.32. The number of hydrogen-bond acceptors (Lipinski definition) is 8. The number of hydrogen-bond donors (Lipinski definition) is 2. The summed E-state index contributed by atoms with van der Waals surface area (Å²) in [6.07, 6.45) is -3.94. The Morgan fingerprint density at radius 1 is 0.939 bits per heavy atom. The van der Waals surface area contributed by atoms with Crippen molar-refractivity contribution in [3.8, 4) is 0 Å². The number of carbonyl (C=O) groups excluding carboxylic acids is 2. The topological polar surface area (TPSA) is 137 Å². The smallest absolute Gasteiger partial charge is 0.338 e. The van der Waals surface area contributed by atoms with Gasteiger partial charge in [-0.15, -0.1) is 0 Å². The Balaban J connectivity index is 1.56. The molecule has 1 saturated heterocycles. The summed E-state index contributed by atoms with van der Waals surface area (Å²) in [7, 11) is 0. The molecule has 3 aromatic rings. The van der Waals surface area contributed by atoms with Crippen LogP contribution in [0.15, 0.2) is 82.5 Å². The third-order valence-corrected chi connectivity index (χ3v) is 5.08. The van der Waals surface area contributed by atoms with Crippen molar-refractivity contribution >= 4 is 11.9 Å². The van der Waals surface area contributed by atoms with Gasteiger partial charge in [0, 0.05) is 12.3 Å². The SMILES string of the molecule is O=C(OC[C@H]1O[C@@H](n2ccc(=O)[nH]c2=O)C(OC(=O)c2ccccc2)C1O)c1ccccc1. The van der Waals surface area contributed by atoms with Crippen LogP contribution in [0, 0.1) is 0 Å². The van der Waals surface area contributed by atoms with Gasteiger partial charge >= 0.3 is 17.6 Å². The third kappa shape index (κ3) is 4.92. The molecule has 1 aliphatic heterocycles. The molecule has 2 N–H and O–H groups in total.